The summed E-state index contributed by atoms with van der Waals surface area (Å²) in [4.78, 5) is 19.7. The van der Waals surface area contributed by atoms with Crippen molar-refractivity contribution in [1.29, 1.82) is 0 Å². The highest BCUT2D eigenvalue weighted by atomic mass is 32.2. The lowest BCUT2D eigenvalue weighted by molar-refractivity contribution is -0.120. The van der Waals surface area contributed by atoms with Crippen molar-refractivity contribution in [2.45, 2.75) is 18.2 Å². The van der Waals surface area contributed by atoms with E-state index >= 15 is 0 Å². The van der Waals surface area contributed by atoms with E-state index in [2.05, 4.69) is 47.7 Å². The second-order valence-corrected chi connectivity index (χ2v) is 6.15. The fraction of sp³-hybridized carbons (Fsp3) is 0.375. The molecule has 0 atom stereocenters. The molecule has 110 valence electrons. The van der Waals surface area contributed by atoms with E-state index in [1.54, 1.807) is 11.8 Å². The Kier molecular flexibility index (Phi) is 4.01. The molecule has 5 heteroatoms. The first-order chi connectivity index (χ1) is 10.2. The first-order valence-corrected chi connectivity index (χ1v) is 8.37. The van der Waals surface area contributed by atoms with Crippen LogP contribution in [-0.4, -0.2) is 36.8 Å². The lowest BCUT2D eigenvalue weighted by Crippen LogP contribution is -2.29. The number of fused-ring (bicyclic) bond motifs is 1. The van der Waals surface area contributed by atoms with Gasteiger partial charge >= 0.3 is 0 Å². The summed E-state index contributed by atoms with van der Waals surface area (Å²) in [5.41, 5.74) is 2.26. The summed E-state index contributed by atoms with van der Waals surface area (Å²) in [6, 6.07) is 8.53. The van der Waals surface area contributed by atoms with Crippen LogP contribution in [0.25, 0.3) is 10.9 Å². The molecule has 1 aromatic heterocycles. The number of hydrogen-bond donors (Lipinski definition) is 1. The molecule has 2 aromatic rings. The normalized spacial score (nSPS) is 15.9. The maximum Gasteiger partial charge on any atom is 0.221 e. The number of aryl methyl sites for hydroxylation is 1. The zero-order valence-corrected chi connectivity index (χ0v) is 13.2. The van der Waals surface area contributed by atoms with Gasteiger partial charge in [-0.3, -0.25) is 4.79 Å². The second kappa shape index (κ2) is 5.93. The summed E-state index contributed by atoms with van der Waals surface area (Å²) < 4.78 is 0. The molecule has 3 rings (SSSR count). The number of hydrogen-bond acceptors (Lipinski definition) is 4. The molecule has 0 saturated carbocycles. The lowest BCUT2D eigenvalue weighted by Gasteiger charge is -2.21. The Hall–Kier alpha value is -1.75. The third-order valence-electron chi connectivity index (χ3n) is 3.85. The molecule has 1 aliphatic heterocycles. The quantitative estimate of drug-likeness (QED) is 0.866. The third-order valence-corrected chi connectivity index (χ3v) is 4.57. The number of rotatable bonds is 2. The van der Waals surface area contributed by atoms with E-state index in [0.29, 0.717) is 13.0 Å². The number of pyridine rings is 1. The van der Waals surface area contributed by atoms with Gasteiger partial charge < -0.3 is 10.2 Å². The molecule has 0 unspecified atom stereocenters. The monoisotopic (exact) mass is 301 g/mol. The number of carbonyl (C=O) groups excluding carboxylic acids is 1. The number of nitrogens with zero attached hydrogens (tertiary/aromatic N) is 2. The Morgan fingerprint density at radius 3 is 2.95 bits per heavy atom. The lowest BCUT2D eigenvalue weighted by atomic mass is 10.1. The summed E-state index contributed by atoms with van der Waals surface area (Å²) in [5.74, 6) is 1.09. The minimum atomic E-state index is 0.125. The Morgan fingerprint density at radius 2 is 2.14 bits per heavy atom. The summed E-state index contributed by atoms with van der Waals surface area (Å²) in [5, 5.41) is 4.10. The van der Waals surface area contributed by atoms with Gasteiger partial charge in [-0.2, -0.15) is 0 Å². The SMILES string of the molecule is CSc1ccc2c(C)cc(N3CCNC(=O)CC3)nc2c1. The van der Waals surface area contributed by atoms with Gasteiger partial charge in [0.05, 0.1) is 5.52 Å². The number of anilines is 1. The highest BCUT2D eigenvalue weighted by molar-refractivity contribution is 7.98. The number of aromatic nitrogens is 1. The molecule has 0 aliphatic carbocycles. The summed E-state index contributed by atoms with van der Waals surface area (Å²) >= 11 is 1.73. The number of benzene rings is 1. The predicted molar refractivity (Wildman–Crippen MR) is 88.1 cm³/mol. The van der Waals surface area contributed by atoms with E-state index in [9.17, 15) is 4.79 Å². The van der Waals surface area contributed by atoms with Gasteiger partial charge in [0.25, 0.3) is 0 Å². The van der Waals surface area contributed by atoms with Crippen molar-refractivity contribution < 1.29 is 4.79 Å². The van der Waals surface area contributed by atoms with Crippen molar-refractivity contribution in [2.75, 3.05) is 30.8 Å². The van der Waals surface area contributed by atoms with Crippen LogP contribution in [0, 0.1) is 6.92 Å². The smallest absolute Gasteiger partial charge is 0.221 e. The van der Waals surface area contributed by atoms with E-state index in [1.165, 1.54) is 15.8 Å². The molecule has 0 radical (unpaired) electrons. The van der Waals surface area contributed by atoms with Gasteiger partial charge in [0.1, 0.15) is 5.82 Å². The van der Waals surface area contributed by atoms with E-state index in [0.717, 1.165) is 24.4 Å². The molecule has 1 saturated heterocycles. The standard InChI is InChI=1S/C16H19N3OS/c1-11-9-15(19-7-5-16(20)17-6-8-19)18-14-10-12(21-2)3-4-13(11)14/h3-4,9-10H,5-8H2,1-2H3,(H,17,20). The van der Waals surface area contributed by atoms with Gasteiger partial charge in [0.15, 0.2) is 0 Å². The minimum absolute atomic E-state index is 0.125. The Balaban J connectivity index is 2.00. The van der Waals surface area contributed by atoms with Crippen molar-refractivity contribution in [1.82, 2.24) is 10.3 Å². The van der Waals surface area contributed by atoms with Gasteiger partial charge in [-0.1, -0.05) is 6.07 Å². The zero-order chi connectivity index (χ0) is 14.8. The van der Waals surface area contributed by atoms with E-state index in [1.807, 2.05) is 0 Å². The highest BCUT2D eigenvalue weighted by Gasteiger charge is 2.16. The van der Waals surface area contributed by atoms with Crippen LogP contribution in [0.5, 0.6) is 0 Å². The van der Waals surface area contributed by atoms with E-state index in [-0.39, 0.29) is 5.91 Å². The first kappa shape index (κ1) is 14.2. The maximum atomic E-state index is 11.5. The molecule has 4 nitrogen and oxygen atoms in total. The summed E-state index contributed by atoms with van der Waals surface area (Å²) in [6.45, 7) is 4.34. The molecule has 0 bridgehead atoms. The van der Waals surface area contributed by atoms with Gasteiger partial charge in [0, 0.05) is 36.3 Å². The minimum Gasteiger partial charge on any atom is -0.354 e. The van der Waals surface area contributed by atoms with Crippen molar-refractivity contribution >= 4 is 34.4 Å². The molecule has 21 heavy (non-hydrogen) atoms. The molecular formula is C16H19N3OS. The third kappa shape index (κ3) is 2.97. The molecule has 1 aliphatic rings. The molecule has 1 amide bonds. The molecule has 1 aromatic carbocycles. The highest BCUT2D eigenvalue weighted by Crippen LogP contribution is 2.26. The fourth-order valence-corrected chi connectivity index (χ4v) is 3.08. The first-order valence-electron chi connectivity index (χ1n) is 7.14. The Labute approximate surface area is 128 Å². The van der Waals surface area contributed by atoms with Crippen LogP contribution in [-0.2, 0) is 4.79 Å². The van der Waals surface area contributed by atoms with Gasteiger partial charge in [-0.15, -0.1) is 11.8 Å². The largest absolute Gasteiger partial charge is 0.354 e. The summed E-state index contributed by atoms with van der Waals surface area (Å²) in [6.07, 6.45) is 2.60. The molecule has 2 heterocycles. The van der Waals surface area contributed by atoms with Crippen molar-refractivity contribution in [3.8, 4) is 0 Å². The van der Waals surface area contributed by atoms with Crippen molar-refractivity contribution in [3.05, 3.63) is 29.8 Å². The van der Waals surface area contributed by atoms with E-state index in [4.69, 9.17) is 4.98 Å². The van der Waals surface area contributed by atoms with Crippen molar-refractivity contribution in [2.24, 2.45) is 0 Å². The summed E-state index contributed by atoms with van der Waals surface area (Å²) in [7, 11) is 0. The molecule has 1 N–H and O–H groups in total. The van der Waals surface area contributed by atoms with Gasteiger partial charge in [0.2, 0.25) is 5.91 Å². The topological polar surface area (TPSA) is 45.2 Å². The number of nitrogens with one attached hydrogen (secondary N) is 1. The average molecular weight is 301 g/mol. The number of thioether (sulfide) groups is 1. The fourth-order valence-electron chi connectivity index (χ4n) is 2.65. The number of carbonyl (C=O) groups is 1. The van der Waals surface area contributed by atoms with Crippen LogP contribution in [0.15, 0.2) is 29.2 Å². The van der Waals surface area contributed by atoms with E-state index < -0.39 is 0 Å². The number of amides is 1. The van der Waals surface area contributed by atoms with Gasteiger partial charge in [-0.25, -0.2) is 4.98 Å². The second-order valence-electron chi connectivity index (χ2n) is 5.27. The Morgan fingerprint density at radius 1 is 1.29 bits per heavy atom. The van der Waals surface area contributed by atoms with Crippen LogP contribution in [0.4, 0.5) is 5.82 Å². The van der Waals surface area contributed by atoms with Crippen LogP contribution in [0.1, 0.15) is 12.0 Å². The van der Waals surface area contributed by atoms with Crippen molar-refractivity contribution in [3.63, 3.8) is 0 Å². The van der Waals surface area contributed by atoms with Crippen LogP contribution in [0.2, 0.25) is 0 Å². The Bertz CT molecular complexity index is 687. The maximum absolute atomic E-state index is 11.5. The van der Waals surface area contributed by atoms with Crippen LogP contribution < -0.4 is 10.2 Å². The van der Waals surface area contributed by atoms with Crippen LogP contribution >= 0.6 is 11.8 Å². The zero-order valence-electron chi connectivity index (χ0n) is 12.3. The van der Waals surface area contributed by atoms with Gasteiger partial charge in [-0.05, 0) is 36.9 Å². The molecule has 0 spiro atoms. The van der Waals surface area contributed by atoms with Crippen LogP contribution in [0.3, 0.4) is 0 Å². The molecule has 1 fully saturated rings. The average Bonchev–Trinajstić information content (AvgIpc) is 2.71. The predicted octanol–water partition coefficient (Wildman–Crippen LogP) is 2.59. The molecular weight excluding hydrogens is 282 g/mol.